The van der Waals surface area contributed by atoms with Crippen molar-refractivity contribution in [2.24, 2.45) is 0 Å². The van der Waals surface area contributed by atoms with Crippen molar-refractivity contribution in [1.29, 1.82) is 0 Å². The van der Waals surface area contributed by atoms with Crippen LogP contribution in [0.2, 0.25) is 0 Å². The fourth-order valence-corrected chi connectivity index (χ4v) is 1.25. The van der Waals surface area contributed by atoms with E-state index in [9.17, 15) is 4.79 Å². The number of amides is 1. The first-order chi connectivity index (χ1) is 7.04. The summed E-state index contributed by atoms with van der Waals surface area (Å²) in [5.74, 6) is 0.558. The monoisotopic (exact) mass is 208 g/mol. The highest BCUT2D eigenvalue weighted by atomic mass is 16.5. The van der Waals surface area contributed by atoms with E-state index in [1.165, 1.54) is 6.92 Å². The Bertz CT molecular complexity index is 362. The molecule has 0 unspecified atom stereocenters. The molecule has 0 aliphatic rings. The van der Waals surface area contributed by atoms with Gasteiger partial charge in [-0.25, -0.2) is 0 Å². The first-order valence-corrected chi connectivity index (χ1v) is 4.67. The number of benzene rings is 1. The van der Waals surface area contributed by atoms with E-state index < -0.39 is 0 Å². The van der Waals surface area contributed by atoms with Gasteiger partial charge < -0.3 is 15.0 Å². The van der Waals surface area contributed by atoms with Crippen LogP contribution in [0.1, 0.15) is 6.92 Å². The summed E-state index contributed by atoms with van der Waals surface area (Å²) in [4.78, 5) is 12.9. The average molecular weight is 208 g/mol. The standard InChI is InChI=1S/C11H16N2O2/c1-8(14)12-10-6-5-9(13(2)3)7-11(10)15-4/h5-7H,1-4H3,(H,12,14). The van der Waals surface area contributed by atoms with Crippen molar-refractivity contribution in [1.82, 2.24) is 0 Å². The van der Waals surface area contributed by atoms with Gasteiger partial charge in [-0.15, -0.1) is 0 Å². The van der Waals surface area contributed by atoms with Crippen LogP contribution in [0, 0.1) is 0 Å². The van der Waals surface area contributed by atoms with Gasteiger partial charge in [-0.3, -0.25) is 4.79 Å². The Balaban J connectivity index is 3.03. The third-order valence-electron chi connectivity index (χ3n) is 2.01. The van der Waals surface area contributed by atoms with E-state index in [4.69, 9.17) is 4.74 Å². The van der Waals surface area contributed by atoms with Crippen molar-refractivity contribution < 1.29 is 9.53 Å². The Morgan fingerprint density at radius 3 is 2.53 bits per heavy atom. The summed E-state index contributed by atoms with van der Waals surface area (Å²) >= 11 is 0. The highest BCUT2D eigenvalue weighted by molar-refractivity contribution is 5.90. The van der Waals surface area contributed by atoms with Crippen molar-refractivity contribution in [2.45, 2.75) is 6.92 Å². The van der Waals surface area contributed by atoms with E-state index in [2.05, 4.69) is 5.32 Å². The Morgan fingerprint density at radius 1 is 1.40 bits per heavy atom. The van der Waals surface area contributed by atoms with E-state index in [-0.39, 0.29) is 5.91 Å². The van der Waals surface area contributed by atoms with Crippen LogP contribution in [0.5, 0.6) is 5.75 Å². The molecule has 1 aromatic rings. The molecule has 0 atom stereocenters. The topological polar surface area (TPSA) is 41.6 Å². The quantitative estimate of drug-likeness (QED) is 0.822. The fraction of sp³-hybridized carbons (Fsp3) is 0.364. The highest BCUT2D eigenvalue weighted by Gasteiger charge is 2.06. The summed E-state index contributed by atoms with van der Waals surface area (Å²) in [7, 11) is 5.49. The third-order valence-corrected chi connectivity index (χ3v) is 2.01. The lowest BCUT2D eigenvalue weighted by molar-refractivity contribution is -0.114. The van der Waals surface area contributed by atoms with Crippen molar-refractivity contribution >= 4 is 17.3 Å². The van der Waals surface area contributed by atoms with Gasteiger partial charge in [-0.1, -0.05) is 0 Å². The third kappa shape index (κ3) is 2.87. The highest BCUT2D eigenvalue weighted by Crippen LogP contribution is 2.28. The zero-order valence-corrected chi connectivity index (χ0v) is 9.50. The molecule has 4 nitrogen and oxygen atoms in total. The predicted octanol–water partition coefficient (Wildman–Crippen LogP) is 1.72. The number of nitrogens with one attached hydrogen (secondary N) is 1. The molecule has 0 radical (unpaired) electrons. The molecule has 1 aromatic carbocycles. The smallest absolute Gasteiger partial charge is 0.221 e. The maximum Gasteiger partial charge on any atom is 0.221 e. The van der Waals surface area contributed by atoms with E-state index >= 15 is 0 Å². The molecule has 1 amide bonds. The molecule has 0 aromatic heterocycles. The van der Waals surface area contributed by atoms with Crippen LogP contribution in [0.15, 0.2) is 18.2 Å². The summed E-state index contributed by atoms with van der Waals surface area (Å²) in [6, 6.07) is 5.63. The number of methoxy groups -OCH3 is 1. The van der Waals surface area contributed by atoms with Gasteiger partial charge >= 0.3 is 0 Å². The number of anilines is 2. The summed E-state index contributed by atoms with van der Waals surface area (Å²) < 4.78 is 5.20. The number of hydrogen-bond acceptors (Lipinski definition) is 3. The zero-order valence-electron chi connectivity index (χ0n) is 9.50. The van der Waals surface area contributed by atoms with E-state index in [0.29, 0.717) is 11.4 Å². The van der Waals surface area contributed by atoms with E-state index in [0.717, 1.165) is 5.69 Å². The van der Waals surface area contributed by atoms with Crippen LogP contribution in [-0.4, -0.2) is 27.1 Å². The Labute approximate surface area is 89.8 Å². The van der Waals surface area contributed by atoms with Gasteiger partial charge in [0.2, 0.25) is 5.91 Å². The fourth-order valence-electron chi connectivity index (χ4n) is 1.25. The van der Waals surface area contributed by atoms with Crippen LogP contribution in [-0.2, 0) is 4.79 Å². The SMILES string of the molecule is COc1cc(N(C)C)ccc1NC(C)=O. The molecule has 0 bridgehead atoms. The zero-order chi connectivity index (χ0) is 11.4. The van der Waals surface area contributed by atoms with Gasteiger partial charge in [0.15, 0.2) is 0 Å². The average Bonchev–Trinajstić information content (AvgIpc) is 2.17. The molecule has 0 aliphatic carbocycles. The molecule has 0 spiro atoms. The molecule has 15 heavy (non-hydrogen) atoms. The molecule has 82 valence electrons. The second kappa shape index (κ2) is 4.68. The summed E-state index contributed by atoms with van der Waals surface area (Å²) in [5, 5.41) is 2.71. The number of hydrogen-bond donors (Lipinski definition) is 1. The predicted molar refractivity (Wildman–Crippen MR) is 61.6 cm³/mol. The van der Waals surface area contributed by atoms with E-state index in [1.54, 1.807) is 7.11 Å². The summed E-state index contributed by atoms with van der Waals surface area (Å²) in [5.41, 5.74) is 1.72. The van der Waals surface area contributed by atoms with Crippen LogP contribution >= 0.6 is 0 Å². The molecule has 0 fully saturated rings. The minimum Gasteiger partial charge on any atom is -0.494 e. The summed E-state index contributed by atoms with van der Waals surface area (Å²) in [6.07, 6.45) is 0. The van der Waals surface area contributed by atoms with Crippen molar-refractivity contribution in [3.05, 3.63) is 18.2 Å². The number of carbonyl (C=O) groups is 1. The first-order valence-electron chi connectivity index (χ1n) is 4.67. The summed E-state index contributed by atoms with van der Waals surface area (Å²) in [6.45, 7) is 1.47. The van der Waals surface area contributed by atoms with Crippen molar-refractivity contribution in [3.8, 4) is 5.75 Å². The second-order valence-corrected chi connectivity index (χ2v) is 3.46. The minimum atomic E-state index is -0.106. The normalized spacial score (nSPS) is 9.60. The largest absolute Gasteiger partial charge is 0.494 e. The number of nitrogens with zero attached hydrogens (tertiary/aromatic N) is 1. The van der Waals surface area contributed by atoms with Crippen molar-refractivity contribution in [3.63, 3.8) is 0 Å². The number of carbonyl (C=O) groups excluding carboxylic acids is 1. The maximum absolute atomic E-state index is 10.9. The van der Waals surface area contributed by atoms with Gasteiger partial charge in [0.25, 0.3) is 0 Å². The molecule has 4 heteroatoms. The molecule has 0 saturated heterocycles. The second-order valence-electron chi connectivity index (χ2n) is 3.46. The Hall–Kier alpha value is -1.71. The lowest BCUT2D eigenvalue weighted by Gasteiger charge is -2.15. The minimum absolute atomic E-state index is 0.106. The molecule has 1 rings (SSSR count). The van der Waals surface area contributed by atoms with Gasteiger partial charge in [-0.2, -0.15) is 0 Å². The maximum atomic E-state index is 10.9. The van der Waals surface area contributed by atoms with Crippen LogP contribution in [0.25, 0.3) is 0 Å². The Morgan fingerprint density at radius 2 is 2.07 bits per heavy atom. The first kappa shape index (κ1) is 11.4. The number of ether oxygens (including phenoxy) is 1. The van der Waals surface area contributed by atoms with Gasteiger partial charge in [-0.05, 0) is 12.1 Å². The van der Waals surface area contributed by atoms with Gasteiger partial charge in [0.1, 0.15) is 5.75 Å². The van der Waals surface area contributed by atoms with E-state index in [1.807, 2.05) is 37.2 Å². The molecule has 0 saturated carbocycles. The van der Waals surface area contributed by atoms with Crippen LogP contribution < -0.4 is 15.0 Å². The van der Waals surface area contributed by atoms with Crippen molar-refractivity contribution in [2.75, 3.05) is 31.4 Å². The molecule has 0 aliphatic heterocycles. The molecular weight excluding hydrogens is 192 g/mol. The van der Waals surface area contributed by atoms with Gasteiger partial charge in [0.05, 0.1) is 12.8 Å². The lowest BCUT2D eigenvalue weighted by Crippen LogP contribution is -2.10. The van der Waals surface area contributed by atoms with Crippen LogP contribution in [0.4, 0.5) is 11.4 Å². The molecular formula is C11H16N2O2. The number of rotatable bonds is 3. The van der Waals surface area contributed by atoms with Gasteiger partial charge in [0, 0.05) is 32.8 Å². The van der Waals surface area contributed by atoms with Crippen LogP contribution in [0.3, 0.4) is 0 Å². The Kier molecular flexibility index (Phi) is 3.55. The lowest BCUT2D eigenvalue weighted by atomic mass is 10.2. The molecule has 0 heterocycles. The molecule has 1 N–H and O–H groups in total.